The van der Waals surface area contributed by atoms with Crippen LogP contribution in [0.4, 0.5) is 5.69 Å². The van der Waals surface area contributed by atoms with Crippen molar-refractivity contribution in [3.8, 4) is 17.6 Å². The van der Waals surface area contributed by atoms with Gasteiger partial charge >= 0.3 is 5.97 Å². The summed E-state index contributed by atoms with van der Waals surface area (Å²) in [6.07, 6.45) is 0. The van der Waals surface area contributed by atoms with Crippen molar-refractivity contribution in [2.24, 2.45) is 0 Å². The molecule has 112 valence electrons. The molecule has 2 rings (SSSR count). The van der Waals surface area contributed by atoms with E-state index in [1.165, 1.54) is 13.8 Å². The van der Waals surface area contributed by atoms with Crippen LogP contribution < -0.4 is 10.5 Å². The van der Waals surface area contributed by atoms with Gasteiger partial charge in [-0.3, -0.25) is 0 Å². The maximum absolute atomic E-state index is 11.0. The minimum atomic E-state index is -1.27. The molecule has 0 aliphatic carbocycles. The van der Waals surface area contributed by atoms with Crippen molar-refractivity contribution >= 4 is 11.7 Å². The second-order valence-electron chi connectivity index (χ2n) is 5.31. The lowest BCUT2D eigenvalue weighted by atomic mass is 10.1. The van der Waals surface area contributed by atoms with Gasteiger partial charge < -0.3 is 15.6 Å². The zero-order valence-corrected chi connectivity index (χ0v) is 12.5. The van der Waals surface area contributed by atoms with Crippen LogP contribution in [0.5, 0.6) is 5.75 Å². The molecular weight excluding hydrogens is 278 g/mol. The lowest BCUT2D eigenvalue weighted by Crippen LogP contribution is -2.37. The van der Waals surface area contributed by atoms with Crippen LogP contribution in [0.15, 0.2) is 48.5 Å². The normalized spacial score (nSPS) is 10.5. The van der Waals surface area contributed by atoms with E-state index in [9.17, 15) is 4.79 Å². The maximum atomic E-state index is 11.0. The van der Waals surface area contributed by atoms with Crippen molar-refractivity contribution in [2.75, 3.05) is 5.73 Å². The number of ether oxygens (including phenoxy) is 1. The largest absolute Gasteiger partial charge is 0.478 e. The number of nitrogens with two attached hydrogens (primary N) is 1. The second kappa shape index (κ2) is 6.23. The monoisotopic (exact) mass is 295 g/mol. The molecule has 0 fully saturated rings. The molecule has 2 aromatic rings. The van der Waals surface area contributed by atoms with E-state index in [2.05, 4.69) is 11.8 Å². The van der Waals surface area contributed by atoms with Crippen molar-refractivity contribution in [3.05, 3.63) is 59.7 Å². The molecule has 0 saturated heterocycles. The van der Waals surface area contributed by atoms with Gasteiger partial charge in [-0.05, 0) is 62.4 Å². The van der Waals surface area contributed by atoms with E-state index >= 15 is 0 Å². The fourth-order valence-corrected chi connectivity index (χ4v) is 1.66. The highest BCUT2D eigenvalue weighted by Crippen LogP contribution is 2.19. The van der Waals surface area contributed by atoms with Gasteiger partial charge in [-0.25, -0.2) is 4.79 Å². The number of hydrogen-bond donors (Lipinski definition) is 2. The standard InChI is InChI=1S/C18H17NO3/c1-18(2,17(20)21)22-16-11-7-14(8-12-16)4-3-13-5-9-15(19)10-6-13/h5-12H,19H2,1-2H3,(H,20,21). The Morgan fingerprint density at radius 2 is 1.45 bits per heavy atom. The first kappa shape index (κ1) is 15.5. The molecule has 0 bridgehead atoms. The average molecular weight is 295 g/mol. The number of rotatable bonds is 3. The van der Waals surface area contributed by atoms with Crippen molar-refractivity contribution in [1.82, 2.24) is 0 Å². The van der Waals surface area contributed by atoms with Crippen LogP contribution in [-0.4, -0.2) is 16.7 Å². The summed E-state index contributed by atoms with van der Waals surface area (Å²) in [7, 11) is 0. The molecule has 0 saturated carbocycles. The van der Waals surface area contributed by atoms with Crippen molar-refractivity contribution < 1.29 is 14.6 Å². The zero-order chi connectivity index (χ0) is 16.2. The molecule has 0 aliphatic heterocycles. The van der Waals surface area contributed by atoms with Gasteiger partial charge in [0.2, 0.25) is 0 Å². The Morgan fingerprint density at radius 1 is 1.00 bits per heavy atom. The number of carbonyl (C=O) groups is 1. The van der Waals surface area contributed by atoms with E-state index in [0.717, 1.165) is 11.1 Å². The summed E-state index contributed by atoms with van der Waals surface area (Å²) in [5.74, 6) is 5.54. The van der Waals surface area contributed by atoms with E-state index in [0.29, 0.717) is 11.4 Å². The summed E-state index contributed by atoms with van der Waals surface area (Å²) in [6.45, 7) is 3.01. The summed E-state index contributed by atoms with van der Waals surface area (Å²) < 4.78 is 5.43. The molecule has 4 heteroatoms. The third-order valence-electron chi connectivity index (χ3n) is 3.00. The Morgan fingerprint density at radius 3 is 1.91 bits per heavy atom. The summed E-state index contributed by atoms with van der Waals surface area (Å²) in [5, 5.41) is 9.03. The summed E-state index contributed by atoms with van der Waals surface area (Å²) in [5.41, 5.74) is 6.75. The highest BCUT2D eigenvalue weighted by molar-refractivity contribution is 5.76. The third kappa shape index (κ3) is 4.03. The van der Waals surface area contributed by atoms with E-state index in [1.54, 1.807) is 36.4 Å². The molecule has 4 nitrogen and oxygen atoms in total. The van der Waals surface area contributed by atoms with Crippen LogP contribution in [0.1, 0.15) is 25.0 Å². The lowest BCUT2D eigenvalue weighted by molar-refractivity contribution is -0.152. The van der Waals surface area contributed by atoms with Gasteiger partial charge in [0.25, 0.3) is 0 Å². The molecule has 0 heterocycles. The van der Waals surface area contributed by atoms with Gasteiger partial charge in [-0.1, -0.05) is 11.8 Å². The Balaban J connectivity index is 2.10. The molecule has 2 aromatic carbocycles. The Labute approximate surface area is 129 Å². The molecule has 0 aromatic heterocycles. The maximum Gasteiger partial charge on any atom is 0.347 e. The molecule has 22 heavy (non-hydrogen) atoms. The molecule has 0 radical (unpaired) electrons. The summed E-state index contributed by atoms with van der Waals surface area (Å²) in [6, 6.07) is 14.3. The van der Waals surface area contributed by atoms with Crippen LogP contribution in [0.25, 0.3) is 0 Å². The molecule has 3 N–H and O–H groups in total. The molecule has 0 amide bonds. The number of nitrogen functional groups attached to an aromatic ring is 1. The van der Waals surface area contributed by atoms with Gasteiger partial charge in [0.15, 0.2) is 5.60 Å². The van der Waals surface area contributed by atoms with Gasteiger partial charge in [0.1, 0.15) is 5.75 Å². The molecule has 0 unspecified atom stereocenters. The fraction of sp³-hybridized carbons (Fsp3) is 0.167. The number of hydrogen-bond acceptors (Lipinski definition) is 3. The van der Waals surface area contributed by atoms with Gasteiger partial charge in [-0.15, -0.1) is 0 Å². The lowest BCUT2D eigenvalue weighted by Gasteiger charge is -2.21. The number of aliphatic carboxylic acids is 1. The quantitative estimate of drug-likeness (QED) is 0.674. The van der Waals surface area contributed by atoms with Gasteiger partial charge in [0.05, 0.1) is 0 Å². The van der Waals surface area contributed by atoms with Crippen LogP contribution in [0.2, 0.25) is 0 Å². The van der Waals surface area contributed by atoms with E-state index in [-0.39, 0.29) is 0 Å². The van der Waals surface area contributed by atoms with Crippen molar-refractivity contribution in [3.63, 3.8) is 0 Å². The van der Waals surface area contributed by atoms with Crippen molar-refractivity contribution in [2.45, 2.75) is 19.4 Å². The van der Waals surface area contributed by atoms with Gasteiger partial charge in [0, 0.05) is 16.8 Å². The predicted molar refractivity (Wildman–Crippen MR) is 85.6 cm³/mol. The number of anilines is 1. The SMILES string of the molecule is CC(C)(Oc1ccc(C#Cc2ccc(N)cc2)cc1)C(=O)O. The van der Waals surface area contributed by atoms with Crippen LogP contribution >= 0.6 is 0 Å². The minimum Gasteiger partial charge on any atom is -0.478 e. The van der Waals surface area contributed by atoms with Gasteiger partial charge in [-0.2, -0.15) is 0 Å². The van der Waals surface area contributed by atoms with Crippen LogP contribution in [0.3, 0.4) is 0 Å². The number of carboxylic acids is 1. The minimum absolute atomic E-state index is 0.491. The van der Waals surface area contributed by atoms with E-state index < -0.39 is 11.6 Å². The third-order valence-corrected chi connectivity index (χ3v) is 3.00. The number of benzene rings is 2. The molecule has 0 spiro atoms. The predicted octanol–water partition coefficient (Wildman–Crippen LogP) is 2.91. The molecular formula is C18H17NO3. The topological polar surface area (TPSA) is 72.5 Å². The van der Waals surface area contributed by atoms with E-state index in [4.69, 9.17) is 15.6 Å². The summed E-state index contributed by atoms with van der Waals surface area (Å²) in [4.78, 5) is 11.0. The molecule has 0 atom stereocenters. The second-order valence-corrected chi connectivity index (χ2v) is 5.31. The van der Waals surface area contributed by atoms with Crippen LogP contribution in [0, 0.1) is 11.8 Å². The first-order valence-electron chi connectivity index (χ1n) is 6.77. The smallest absolute Gasteiger partial charge is 0.347 e. The Hall–Kier alpha value is -2.93. The fourth-order valence-electron chi connectivity index (χ4n) is 1.66. The average Bonchev–Trinajstić information content (AvgIpc) is 2.48. The first-order chi connectivity index (χ1) is 10.4. The zero-order valence-electron chi connectivity index (χ0n) is 12.5. The Kier molecular flexibility index (Phi) is 4.38. The first-order valence-corrected chi connectivity index (χ1v) is 6.77. The van der Waals surface area contributed by atoms with Crippen molar-refractivity contribution in [1.29, 1.82) is 0 Å². The Bertz CT molecular complexity index is 720. The number of carboxylic acid groups (broad SMARTS) is 1. The highest BCUT2D eigenvalue weighted by Gasteiger charge is 2.29. The molecule has 0 aliphatic rings. The van der Waals surface area contributed by atoms with E-state index in [1.807, 2.05) is 12.1 Å². The summed E-state index contributed by atoms with van der Waals surface area (Å²) >= 11 is 0. The highest BCUT2D eigenvalue weighted by atomic mass is 16.5. The van der Waals surface area contributed by atoms with Crippen LogP contribution in [-0.2, 0) is 4.79 Å².